The molecule has 2 atom stereocenters. The van der Waals surface area contributed by atoms with Gasteiger partial charge in [-0.3, -0.25) is 14.9 Å². The van der Waals surface area contributed by atoms with Crippen molar-refractivity contribution in [1.29, 1.82) is 0 Å². The van der Waals surface area contributed by atoms with E-state index in [4.69, 9.17) is 4.74 Å². The minimum Gasteiger partial charge on any atom is -0.490 e. The van der Waals surface area contributed by atoms with Crippen molar-refractivity contribution in [2.24, 2.45) is 11.8 Å². The standard InChI is InChI=1S/C20H29N3O4/c1-15(16-3-2-10-21-14-16)13-20(24)22-11-8-19(9-12-22)27-18-6-4-17(5-7-18)23(25)26/h4-7,15-16,19,21H,2-3,8-14H2,1H3. The van der Waals surface area contributed by atoms with E-state index in [1.165, 1.54) is 25.0 Å². The summed E-state index contributed by atoms with van der Waals surface area (Å²) in [7, 11) is 0. The summed E-state index contributed by atoms with van der Waals surface area (Å²) in [6.45, 7) is 5.75. The molecule has 1 aromatic rings. The van der Waals surface area contributed by atoms with Crippen LogP contribution in [0.25, 0.3) is 0 Å². The van der Waals surface area contributed by atoms with Gasteiger partial charge in [-0.2, -0.15) is 0 Å². The lowest BCUT2D eigenvalue weighted by atomic mass is 9.85. The highest BCUT2D eigenvalue weighted by Crippen LogP contribution is 2.25. The number of hydrogen-bond donors (Lipinski definition) is 1. The summed E-state index contributed by atoms with van der Waals surface area (Å²) >= 11 is 0. The van der Waals surface area contributed by atoms with E-state index in [0.717, 1.165) is 25.9 Å². The van der Waals surface area contributed by atoms with E-state index in [1.807, 2.05) is 4.90 Å². The number of nitro groups is 1. The molecule has 3 rings (SSSR count). The summed E-state index contributed by atoms with van der Waals surface area (Å²) in [5.41, 5.74) is 0.0602. The molecule has 7 heteroatoms. The molecule has 1 amide bonds. The quantitative estimate of drug-likeness (QED) is 0.610. The molecule has 2 fully saturated rings. The molecule has 7 nitrogen and oxygen atoms in total. The molecule has 0 saturated carbocycles. The van der Waals surface area contributed by atoms with E-state index in [9.17, 15) is 14.9 Å². The molecule has 2 unspecified atom stereocenters. The van der Waals surface area contributed by atoms with Crippen molar-refractivity contribution >= 4 is 11.6 Å². The molecule has 0 spiro atoms. The third kappa shape index (κ3) is 5.42. The molecule has 2 aliphatic heterocycles. The van der Waals surface area contributed by atoms with Crippen LogP contribution in [0.1, 0.15) is 39.0 Å². The van der Waals surface area contributed by atoms with Crippen molar-refractivity contribution in [2.75, 3.05) is 26.2 Å². The molecule has 27 heavy (non-hydrogen) atoms. The summed E-state index contributed by atoms with van der Waals surface area (Å²) in [5, 5.41) is 14.1. The Hall–Kier alpha value is -2.15. The van der Waals surface area contributed by atoms with Crippen molar-refractivity contribution in [3.05, 3.63) is 34.4 Å². The van der Waals surface area contributed by atoms with Crippen LogP contribution in [-0.2, 0) is 4.79 Å². The zero-order valence-corrected chi connectivity index (χ0v) is 15.9. The van der Waals surface area contributed by atoms with E-state index in [-0.39, 0.29) is 17.7 Å². The molecular weight excluding hydrogens is 346 g/mol. The van der Waals surface area contributed by atoms with Gasteiger partial charge < -0.3 is 15.0 Å². The summed E-state index contributed by atoms with van der Waals surface area (Å²) in [6.07, 6.45) is 4.68. The number of likely N-dealkylation sites (tertiary alicyclic amines) is 1. The van der Waals surface area contributed by atoms with Crippen LogP contribution in [0.15, 0.2) is 24.3 Å². The zero-order valence-electron chi connectivity index (χ0n) is 15.9. The lowest BCUT2D eigenvalue weighted by Gasteiger charge is -2.34. The zero-order chi connectivity index (χ0) is 19.2. The van der Waals surface area contributed by atoms with Crippen LogP contribution in [0.3, 0.4) is 0 Å². The van der Waals surface area contributed by atoms with Crippen molar-refractivity contribution in [3.8, 4) is 5.75 Å². The minimum atomic E-state index is -0.418. The number of carbonyl (C=O) groups is 1. The van der Waals surface area contributed by atoms with Gasteiger partial charge in [0, 0.05) is 44.5 Å². The molecule has 0 radical (unpaired) electrons. The Labute approximate surface area is 160 Å². The predicted molar refractivity (Wildman–Crippen MR) is 103 cm³/mol. The molecule has 148 valence electrons. The largest absolute Gasteiger partial charge is 0.490 e. The fraction of sp³-hybridized carbons (Fsp3) is 0.650. The summed E-state index contributed by atoms with van der Waals surface area (Å²) < 4.78 is 5.93. The molecule has 0 bridgehead atoms. The van der Waals surface area contributed by atoms with Crippen molar-refractivity contribution in [1.82, 2.24) is 10.2 Å². The Kier molecular flexibility index (Phi) is 6.66. The van der Waals surface area contributed by atoms with Gasteiger partial charge in [0.15, 0.2) is 0 Å². The fourth-order valence-electron chi connectivity index (χ4n) is 4.00. The van der Waals surface area contributed by atoms with Crippen LogP contribution in [-0.4, -0.2) is 48.0 Å². The molecule has 2 saturated heterocycles. The Morgan fingerprint density at radius 3 is 2.59 bits per heavy atom. The van der Waals surface area contributed by atoms with Crippen LogP contribution in [0.4, 0.5) is 5.69 Å². The monoisotopic (exact) mass is 375 g/mol. The Balaban J connectivity index is 1.42. The summed E-state index contributed by atoms with van der Waals surface area (Å²) in [6, 6.07) is 6.18. The van der Waals surface area contributed by atoms with Gasteiger partial charge in [0.05, 0.1) is 4.92 Å². The maximum absolute atomic E-state index is 12.6. The number of benzene rings is 1. The first-order chi connectivity index (χ1) is 13.0. The molecule has 2 heterocycles. The van der Waals surface area contributed by atoms with Crippen LogP contribution < -0.4 is 10.1 Å². The smallest absolute Gasteiger partial charge is 0.269 e. The van der Waals surface area contributed by atoms with Crippen LogP contribution in [0.5, 0.6) is 5.75 Å². The van der Waals surface area contributed by atoms with Gasteiger partial charge in [-0.25, -0.2) is 0 Å². The predicted octanol–water partition coefficient (Wildman–Crippen LogP) is 2.99. The minimum absolute atomic E-state index is 0.0514. The number of piperidine rings is 2. The second-order valence-corrected chi connectivity index (χ2v) is 7.74. The number of rotatable bonds is 6. The van der Waals surface area contributed by atoms with Gasteiger partial charge in [-0.05, 0) is 49.9 Å². The number of nitro benzene ring substituents is 1. The van der Waals surface area contributed by atoms with E-state index in [0.29, 0.717) is 37.1 Å². The van der Waals surface area contributed by atoms with Crippen LogP contribution in [0, 0.1) is 22.0 Å². The maximum Gasteiger partial charge on any atom is 0.269 e. The van der Waals surface area contributed by atoms with Gasteiger partial charge in [-0.1, -0.05) is 6.92 Å². The Morgan fingerprint density at radius 2 is 2.00 bits per heavy atom. The third-order valence-corrected chi connectivity index (χ3v) is 5.78. The Bertz CT molecular complexity index is 635. The molecule has 0 aromatic heterocycles. The summed E-state index contributed by atoms with van der Waals surface area (Å²) in [5.74, 6) is 1.91. The van der Waals surface area contributed by atoms with Crippen LogP contribution in [0.2, 0.25) is 0 Å². The number of non-ortho nitro benzene ring substituents is 1. The van der Waals surface area contributed by atoms with Gasteiger partial charge in [0.25, 0.3) is 5.69 Å². The SMILES string of the molecule is CC(CC(=O)N1CCC(Oc2ccc([N+](=O)[O-])cc2)CC1)C1CCCNC1. The molecule has 2 aliphatic rings. The highest BCUT2D eigenvalue weighted by molar-refractivity contribution is 5.76. The number of nitrogens with zero attached hydrogens (tertiary/aromatic N) is 2. The van der Waals surface area contributed by atoms with Gasteiger partial charge in [-0.15, -0.1) is 0 Å². The highest BCUT2D eigenvalue weighted by atomic mass is 16.6. The second-order valence-electron chi connectivity index (χ2n) is 7.74. The average Bonchev–Trinajstić information content (AvgIpc) is 2.69. The van der Waals surface area contributed by atoms with Gasteiger partial charge >= 0.3 is 0 Å². The van der Waals surface area contributed by atoms with Crippen molar-refractivity contribution in [3.63, 3.8) is 0 Å². The summed E-state index contributed by atoms with van der Waals surface area (Å²) in [4.78, 5) is 24.9. The molecule has 1 aromatic carbocycles. The molecular formula is C20H29N3O4. The first-order valence-corrected chi connectivity index (χ1v) is 9.92. The number of ether oxygens (including phenoxy) is 1. The maximum atomic E-state index is 12.6. The van der Waals surface area contributed by atoms with Crippen molar-refractivity contribution in [2.45, 2.75) is 45.1 Å². The Morgan fingerprint density at radius 1 is 1.30 bits per heavy atom. The first kappa shape index (κ1) is 19.6. The van der Waals surface area contributed by atoms with E-state index >= 15 is 0 Å². The van der Waals surface area contributed by atoms with E-state index in [2.05, 4.69) is 12.2 Å². The lowest BCUT2D eigenvalue weighted by Crippen LogP contribution is -2.43. The van der Waals surface area contributed by atoms with Gasteiger partial charge in [0.2, 0.25) is 5.91 Å². The van der Waals surface area contributed by atoms with Gasteiger partial charge in [0.1, 0.15) is 11.9 Å². The molecule has 1 N–H and O–H groups in total. The second kappa shape index (κ2) is 9.17. The topological polar surface area (TPSA) is 84.7 Å². The number of nitrogens with one attached hydrogen (secondary N) is 1. The van der Waals surface area contributed by atoms with E-state index < -0.39 is 4.92 Å². The normalized spacial score (nSPS) is 22.3. The number of carbonyl (C=O) groups excluding carboxylic acids is 1. The first-order valence-electron chi connectivity index (χ1n) is 9.92. The number of hydrogen-bond acceptors (Lipinski definition) is 5. The lowest BCUT2D eigenvalue weighted by molar-refractivity contribution is -0.384. The molecule has 0 aliphatic carbocycles. The van der Waals surface area contributed by atoms with Crippen LogP contribution >= 0.6 is 0 Å². The van der Waals surface area contributed by atoms with Crippen molar-refractivity contribution < 1.29 is 14.5 Å². The van der Waals surface area contributed by atoms with E-state index in [1.54, 1.807) is 12.1 Å². The fourth-order valence-corrected chi connectivity index (χ4v) is 4.00. The average molecular weight is 375 g/mol. The highest BCUT2D eigenvalue weighted by Gasteiger charge is 2.27. The third-order valence-electron chi connectivity index (χ3n) is 5.78. The number of amides is 1.